The molecule has 2 aromatic heterocycles. The first kappa shape index (κ1) is 28.4. The number of nitrogens with zero attached hydrogens (tertiary/aromatic N) is 4. The maximum Gasteiger partial charge on any atom is 0.164 e. The Hall–Kier alpha value is -6.59. The van der Waals surface area contributed by atoms with Gasteiger partial charge in [0.2, 0.25) is 0 Å². The van der Waals surface area contributed by atoms with Crippen molar-refractivity contribution in [3.8, 4) is 45.3 Å². The van der Waals surface area contributed by atoms with Gasteiger partial charge in [0, 0.05) is 44.4 Å². The zero-order valence-electron chi connectivity index (χ0n) is 27.1. The van der Waals surface area contributed by atoms with Crippen LogP contribution >= 0.6 is 0 Å². The quantitative estimate of drug-likeness (QED) is 0.187. The predicted octanol–water partition coefficient (Wildman–Crippen LogP) is 11.3. The van der Waals surface area contributed by atoms with E-state index in [1.54, 1.807) is 0 Å². The van der Waals surface area contributed by atoms with Gasteiger partial charge in [-0.1, -0.05) is 127 Å². The third kappa shape index (κ3) is 4.74. The molecular formula is C45H30N4O. The van der Waals surface area contributed by atoms with Gasteiger partial charge in [-0.25, -0.2) is 15.0 Å². The molecule has 0 bridgehead atoms. The van der Waals surface area contributed by atoms with Crippen LogP contribution in [0.25, 0.3) is 72.8 Å². The van der Waals surface area contributed by atoms with Gasteiger partial charge in [-0.15, -0.1) is 0 Å². The second kappa shape index (κ2) is 11.5. The highest BCUT2D eigenvalue weighted by Gasteiger charge is 2.34. The average molecular weight is 643 g/mol. The molecule has 0 N–H and O–H groups in total. The monoisotopic (exact) mass is 642 g/mol. The second-order valence-electron chi connectivity index (χ2n) is 12.8. The van der Waals surface area contributed by atoms with Gasteiger partial charge in [-0.3, -0.25) is 0 Å². The van der Waals surface area contributed by atoms with Crippen molar-refractivity contribution in [3.63, 3.8) is 0 Å². The molecule has 0 radical (unpaired) electrons. The number of anilines is 2. The molecule has 0 saturated heterocycles. The molecule has 0 spiro atoms. The first-order valence-corrected chi connectivity index (χ1v) is 17.0. The topological polar surface area (TPSA) is 55.1 Å². The van der Waals surface area contributed by atoms with E-state index in [1.807, 2.05) is 54.6 Å². The van der Waals surface area contributed by atoms with Gasteiger partial charge < -0.3 is 9.32 Å². The van der Waals surface area contributed by atoms with Crippen molar-refractivity contribution < 1.29 is 4.42 Å². The number of hydrogen-bond donors (Lipinski definition) is 0. The summed E-state index contributed by atoms with van der Waals surface area (Å²) in [4.78, 5) is 17.3. The molecular weight excluding hydrogens is 613 g/mol. The van der Waals surface area contributed by atoms with Crippen molar-refractivity contribution in [2.75, 3.05) is 4.90 Å². The van der Waals surface area contributed by atoms with E-state index in [4.69, 9.17) is 19.4 Å². The Morgan fingerprint density at radius 1 is 0.520 bits per heavy atom. The van der Waals surface area contributed by atoms with Crippen LogP contribution in [0.1, 0.15) is 12.0 Å². The number of allylic oxidation sites excluding steroid dienone is 2. The number of benzene rings is 6. The molecule has 1 atom stereocenters. The van der Waals surface area contributed by atoms with Crippen LogP contribution in [0.3, 0.4) is 0 Å². The van der Waals surface area contributed by atoms with Crippen LogP contribution in [0.15, 0.2) is 168 Å². The Labute approximate surface area is 289 Å². The summed E-state index contributed by atoms with van der Waals surface area (Å²) in [7, 11) is 0. The summed E-state index contributed by atoms with van der Waals surface area (Å²) >= 11 is 0. The maximum atomic E-state index is 6.20. The minimum Gasteiger partial charge on any atom is -0.456 e. The smallest absolute Gasteiger partial charge is 0.164 e. The van der Waals surface area contributed by atoms with Gasteiger partial charge in [0.25, 0.3) is 0 Å². The lowest BCUT2D eigenvalue weighted by molar-refractivity contribution is 0.669. The molecule has 1 aliphatic carbocycles. The molecule has 0 fully saturated rings. The van der Waals surface area contributed by atoms with E-state index in [-0.39, 0.29) is 0 Å². The van der Waals surface area contributed by atoms with E-state index in [0.29, 0.717) is 23.5 Å². The van der Waals surface area contributed by atoms with Crippen molar-refractivity contribution in [1.29, 1.82) is 0 Å². The molecule has 5 heteroatoms. The van der Waals surface area contributed by atoms with Gasteiger partial charge in [-0.05, 0) is 59.5 Å². The lowest BCUT2D eigenvalue weighted by Crippen LogP contribution is -2.26. The normalized spacial score (nSPS) is 14.9. The SMILES string of the molecule is C1=CCC2C(=C1)c1ccccc1N2c1ccc(-c2ccc(-c3nc(-c4ccccc4)nc(-c4ccc5c(c4)oc4ccccc45)n3)cc2)cc1. The molecule has 2 aliphatic rings. The summed E-state index contributed by atoms with van der Waals surface area (Å²) in [6.45, 7) is 0. The predicted molar refractivity (Wildman–Crippen MR) is 203 cm³/mol. The van der Waals surface area contributed by atoms with Crippen molar-refractivity contribution >= 4 is 38.9 Å². The van der Waals surface area contributed by atoms with Crippen LogP contribution < -0.4 is 4.90 Å². The second-order valence-corrected chi connectivity index (χ2v) is 12.8. The van der Waals surface area contributed by atoms with Gasteiger partial charge in [0.15, 0.2) is 17.5 Å². The minimum atomic E-state index is 0.328. The Balaban J connectivity index is 0.987. The Kier molecular flexibility index (Phi) is 6.56. The van der Waals surface area contributed by atoms with Crippen molar-refractivity contribution in [2.45, 2.75) is 12.5 Å². The average Bonchev–Trinajstić information content (AvgIpc) is 3.74. The van der Waals surface area contributed by atoms with E-state index >= 15 is 0 Å². The number of aromatic nitrogens is 3. The molecule has 3 heterocycles. The van der Waals surface area contributed by atoms with E-state index in [1.165, 1.54) is 22.5 Å². The first-order valence-electron chi connectivity index (χ1n) is 17.0. The fourth-order valence-corrected chi connectivity index (χ4v) is 7.39. The molecule has 10 rings (SSSR count). The van der Waals surface area contributed by atoms with Crippen molar-refractivity contribution in [2.24, 2.45) is 0 Å². The van der Waals surface area contributed by atoms with E-state index in [2.05, 4.69) is 114 Å². The van der Waals surface area contributed by atoms with Crippen molar-refractivity contribution in [3.05, 3.63) is 169 Å². The van der Waals surface area contributed by atoms with E-state index < -0.39 is 0 Å². The van der Waals surface area contributed by atoms with Crippen LogP contribution in [-0.2, 0) is 0 Å². The number of fused-ring (bicyclic) bond motifs is 6. The van der Waals surface area contributed by atoms with Gasteiger partial charge in [-0.2, -0.15) is 0 Å². The third-order valence-corrected chi connectivity index (χ3v) is 9.84. The summed E-state index contributed by atoms with van der Waals surface area (Å²) in [5.74, 6) is 1.86. The molecule has 0 amide bonds. The highest BCUT2D eigenvalue weighted by Crippen LogP contribution is 2.47. The molecule has 8 aromatic rings. The zero-order chi connectivity index (χ0) is 33.0. The summed E-state index contributed by atoms with van der Waals surface area (Å²) in [6, 6.07) is 50.8. The van der Waals surface area contributed by atoms with Crippen molar-refractivity contribution in [1.82, 2.24) is 15.0 Å². The standard InChI is InChI=1S/C45H30N4O/c1-2-10-31(11-3-1)43-46-44(48-45(47-43)33-24-27-38-37-14-6-9-17-41(37)50-42(38)28-33)32-20-18-29(19-21-32)30-22-25-34(26-23-30)49-39-15-7-4-12-35(39)36-13-5-8-16-40(36)49/h1-15,17-28,40H,16H2. The van der Waals surface area contributed by atoms with Gasteiger partial charge >= 0.3 is 0 Å². The fourth-order valence-electron chi connectivity index (χ4n) is 7.39. The molecule has 236 valence electrons. The number of rotatable bonds is 5. The molecule has 50 heavy (non-hydrogen) atoms. The van der Waals surface area contributed by atoms with Gasteiger partial charge in [0.1, 0.15) is 11.2 Å². The highest BCUT2D eigenvalue weighted by atomic mass is 16.3. The summed E-state index contributed by atoms with van der Waals surface area (Å²) < 4.78 is 6.20. The number of furan rings is 1. The molecule has 6 aromatic carbocycles. The number of para-hydroxylation sites is 2. The maximum absolute atomic E-state index is 6.20. The van der Waals surface area contributed by atoms with Crippen LogP contribution in [0.4, 0.5) is 11.4 Å². The third-order valence-electron chi connectivity index (χ3n) is 9.84. The van der Waals surface area contributed by atoms with Crippen LogP contribution in [-0.4, -0.2) is 21.0 Å². The molecule has 5 nitrogen and oxygen atoms in total. The highest BCUT2D eigenvalue weighted by molar-refractivity contribution is 6.05. The lowest BCUT2D eigenvalue weighted by atomic mass is 9.96. The lowest BCUT2D eigenvalue weighted by Gasteiger charge is -2.28. The van der Waals surface area contributed by atoms with Crippen LogP contribution in [0.5, 0.6) is 0 Å². The Bertz CT molecular complexity index is 2620. The minimum absolute atomic E-state index is 0.328. The van der Waals surface area contributed by atoms with E-state index in [9.17, 15) is 0 Å². The number of hydrogen-bond acceptors (Lipinski definition) is 5. The van der Waals surface area contributed by atoms with Gasteiger partial charge in [0.05, 0.1) is 6.04 Å². The molecule has 0 saturated carbocycles. The first-order chi connectivity index (χ1) is 24.8. The zero-order valence-corrected chi connectivity index (χ0v) is 27.1. The summed E-state index contributed by atoms with van der Waals surface area (Å²) in [6.07, 6.45) is 7.71. The molecule has 1 aliphatic heterocycles. The Morgan fingerprint density at radius 3 is 1.92 bits per heavy atom. The van der Waals surface area contributed by atoms with Crippen LogP contribution in [0, 0.1) is 0 Å². The van der Waals surface area contributed by atoms with Crippen LogP contribution in [0.2, 0.25) is 0 Å². The fraction of sp³-hybridized carbons (Fsp3) is 0.0444. The summed E-state index contributed by atoms with van der Waals surface area (Å²) in [5, 5.41) is 2.17. The van der Waals surface area contributed by atoms with E-state index in [0.717, 1.165) is 56.2 Å². The summed E-state index contributed by atoms with van der Waals surface area (Å²) in [5.41, 5.74) is 11.9. The molecule has 1 unspecified atom stereocenters. The Morgan fingerprint density at radius 2 is 1.12 bits per heavy atom. The largest absolute Gasteiger partial charge is 0.456 e.